The van der Waals surface area contributed by atoms with Crippen LogP contribution in [0.3, 0.4) is 0 Å². The molecule has 270 valence electrons. The predicted octanol–water partition coefficient (Wildman–Crippen LogP) is 15.1. The van der Waals surface area contributed by atoms with E-state index in [1.807, 2.05) is 12.1 Å². The Morgan fingerprint density at radius 3 is 1.60 bits per heavy atom. The molecule has 0 saturated carbocycles. The summed E-state index contributed by atoms with van der Waals surface area (Å²) in [6, 6.07) is 58.8. The van der Waals surface area contributed by atoms with Crippen LogP contribution in [0.2, 0.25) is 0 Å². The highest BCUT2D eigenvalue weighted by Crippen LogP contribution is 2.49. The van der Waals surface area contributed by atoms with E-state index in [0.29, 0.717) is 0 Å². The van der Waals surface area contributed by atoms with Crippen molar-refractivity contribution in [3.63, 3.8) is 0 Å². The number of para-hydroxylation sites is 5. The van der Waals surface area contributed by atoms with Gasteiger partial charge in [-0.05, 0) is 76.0 Å². The summed E-state index contributed by atoms with van der Waals surface area (Å²) in [5, 5.41) is 11.8. The molecular formula is C53H36N2O2. The molecule has 9 aromatic carbocycles. The number of fused-ring (bicyclic) bond motifs is 6. The molecule has 4 nitrogen and oxygen atoms in total. The fraction of sp³-hybridized carbons (Fsp3) is 0.0566. The van der Waals surface area contributed by atoms with Gasteiger partial charge in [0.15, 0.2) is 11.2 Å². The van der Waals surface area contributed by atoms with Crippen LogP contribution < -0.4 is 9.80 Å². The number of rotatable bonds is 6. The third-order valence-corrected chi connectivity index (χ3v) is 12.1. The van der Waals surface area contributed by atoms with Crippen molar-refractivity contribution in [2.75, 3.05) is 9.80 Å². The van der Waals surface area contributed by atoms with Crippen LogP contribution in [-0.4, -0.2) is 6.04 Å². The molecule has 0 fully saturated rings. The van der Waals surface area contributed by atoms with Crippen molar-refractivity contribution < 1.29 is 8.83 Å². The van der Waals surface area contributed by atoms with E-state index in [9.17, 15) is 0 Å². The van der Waals surface area contributed by atoms with Crippen LogP contribution >= 0.6 is 0 Å². The Morgan fingerprint density at radius 2 is 0.930 bits per heavy atom. The van der Waals surface area contributed by atoms with E-state index in [0.717, 1.165) is 72.3 Å². The second-order valence-electron chi connectivity index (χ2n) is 15.3. The number of benzene rings is 9. The molecule has 57 heavy (non-hydrogen) atoms. The van der Waals surface area contributed by atoms with E-state index in [1.165, 1.54) is 32.3 Å². The van der Waals surface area contributed by atoms with E-state index in [4.69, 9.17) is 8.83 Å². The highest BCUT2D eigenvalue weighted by molar-refractivity contribution is 6.28. The van der Waals surface area contributed by atoms with Crippen molar-refractivity contribution in [2.45, 2.75) is 13.0 Å². The maximum atomic E-state index is 6.72. The maximum Gasteiger partial charge on any atom is 0.159 e. The molecule has 11 aromatic rings. The Bertz CT molecular complexity index is 3410. The second-order valence-corrected chi connectivity index (χ2v) is 15.3. The van der Waals surface area contributed by atoms with Crippen molar-refractivity contribution in [2.24, 2.45) is 5.92 Å². The first-order valence-electron chi connectivity index (χ1n) is 19.7. The zero-order chi connectivity index (χ0) is 37.6. The molecule has 2 heterocycles. The molecule has 2 unspecified atom stereocenters. The predicted molar refractivity (Wildman–Crippen MR) is 239 cm³/mol. The van der Waals surface area contributed by atoms with Crippen molar-refractivity contribution in [3.05, 3.63) is 188 Å². The van der Waals surface area contributed by atoms with E-state index in [1.54, 1.807) is 0 Å². The van der Waals surface area contributed by atoms with Crippen molar-refractivity contribution in [1.29, 1.82) is 0 Å². The van der Waals surface area contributed by atoms with Gasteiger partial charge < -0.3 is 18.6 Å². The topological polar surface area (TPSA) is 32.8 Å². The molecule has 0 spiro atoms. The first-order chi connectivity index (χ1) is 28.2. The number of hydrogen-bond donors (Lipinski definition) is 0. The molecule has 0 saturated heterocycles. The summed E-state index contributed by atoms with van der Waals surface area (Å²) < 4.78 is 13.4. The smallest absolute Gasteiger partial charge is 0.159 e. The summed E-state index contributed by atoms with van der Waals surface area (Å²) >= 11 is 0. The van der Waals surface area contributed by atoms with Crippen molar-refractivity contribution in [3.8, 4) is 0 Å². The largest absolute Gasteiger partial charge is 0.454 e. The Morgan fingerprint density at radius 1 is 0.404 bits per heavy atom. The fourth-order valence-corrected chi connectivity index (χ4v) is 9.47. The van der Waals surface area contributed by atoms with Gasteiger partial charge in [-0.1, -0.05) is 146 Å². The number of nitrogens with zero attached hydrogens (tertiary/aromatic N) is 2. The monoisotopic (exact) mass is 732 g/mol. The first-order valence-corrected chi connectivity index (χ1v) is 19.7. The van der Waals surface area contributed by atoms with Gasteiger partial charge >= 0.3 is 0 Å². The van der Waals surface area contributed by atoms with E-state index in [2.05, 4.69) is 193 Å². The highest BCUT2D eigenvalue weighted by atomic mass is 16.3. The minimum atomic E-state index is 0.0701. The van der Waals surface area contributed by atoms with Gasteiger partial charge in [-0.2, -0.15) is 0 Å². The number of furan rings is 2. The van der Waals surface area contributed by atoms with Crippen LogP contribution in [0.25, 0.3) is 76.2 Å². The van der Waals surface area contributed by atoms with Gasteiger partial charge in [0.2, 0.25) is 0 Å². The van der Waals surface area contributed by atoms with Gasteiger partial charge in [0.1, 0.15) is 11.2 Å². The molecule has 12 rings (SSSR count). The van der Waals surface area contributed by atoms with Gasteiger partial charge in [0.25, 0.3) is 0 Å². The van der Waals surface area contributed by atoms with Crippen LogP contribution in [-0.2, 0) is 0 Å². The summed E-state index contributed by atoms with van der Waals surface area (Å²) in [5.74, 6) is 0.264. The molecule has 1 aliphatic rings. The SMILES string of the molecule is CC1C=CC=CC1N(c1ccc2ccc3c(N(c4ccccc4)c4cccc5c4oc4ccccc45)ccc4ccc1c2c43)c1cccc2c1oc1ccccc12. The Kier molecular flexibility index (Phi) is 6.93. The van der Waals surface area contributed by atoms with Gasteiger partial charge in [0, 0.05) is 43.7 Å². The summed E-state index contributed by atoms with van der Waals surface area (Å²) in [6.45, 7) is 2.30. The molecule has 2 aromatic heterocycles. The lowest BCUT2D eigenvalue weighted by molar-refractivity contribution is 0.605. The summed E-state index contributed by atoms with van der Waals surface area (Å²) in [7, 11) is 0. The molecule has 0 radical (unpaired) electrons. The van der Waals surface area contributed by atoms with E-state index in [-0.39, 0.29) is 12.0 Å². The van der Waals surface area contributed by atoms with Gasteiger partial charge in [-0.15, -0.1) is 0 Å². The van der Waals surface area contributed by atoms with Gasteiger partial charge in [-0.3, -0.25) is 0 Å². The minimum Gasteiger partial charge on any atom is -0.454 e. The second kappa shape index (κ2) is 12.4. The van der Waals surface area contributed by atoms with E-state index >= 15 is 0 Å². The lowest BCUT2D eigenvalue weighted by Crippen LogP contribution is -2.35. The molecule has 2 atom stereocenters. The normalized spacial score (nSPS) is 15.7. The lowest BCUT2D eigenvalue weighted by atomic mass is 9.90. The zero-order valence-corrected chi connectivity index (χ0v) is 31.3. The molecule has 1 aliphatic carbocycles. The van der Waals surface area contributed by atoms with Crippen molar-refractivity contribution in [1.82, 2.24) is 0 Å². The lowest BCUT2D eigenvalue weighted by Gasteiger charge is -2.37. The minimum absolute atomic E-state index is 0.0701. The zero-order valence-electron chi connectivity index (χ0n) is 31.3. The molecule has 0 aliphatic heterocycles. The summed E-state index contributed by atoms with van der Waals surface area (Å²) in [5.41, 5.74) is 8.94. The molecule has 0 N–H and O–H groups in total. The molecular weight excluding hydrogens is 697 g/mol. The summed E-state index contributed by atoms with van der Waals surface area (Å²) in [4.78, 5) is 4.88. The third kappa shape index (κ3) is 4.74. The quantitative estimate of drug-likeness (QED) is 0.159. The van der Waals surface area contributed by atoms with Crippen LogP contribution in [0.5, 0.6) is 0 Å². The van der Waals surface area contributed by atoms with Crippen LogP contribution in [0.4, 0.5) is 28.4 Å². The fourth-order valence-electron chi connectivity index (χ4n) is 9.47. The number of hydrogen-bond acceptors (Lipinski definition) is 4. The molecule has 4 heteroatoms. The molecule has 0 bridgehead atoms. The van der Waals surface area contributed by atoms with Crippen LogP contribution in [0.1, 0.15) is 6.92 Å². The first kappa shape index (κ1) is 32.0. The van der Waals surface area contributed by atoms with Crippen LogP contribution in [0.15, 0.2) is 197 Å². The van der Waals surface area contributed by atoms with Crippen molar-refractivity contribution >= 4 is 105 Å². The maximum absolute atomic E-state index is 6.72. The van der Waals surface area contributed by atoms with Gasteiger partial charge in [-0.25, -0.2) is 0 Å². The van der Waals surface area contributed by atoms with E-state index < -0.39 is 0 Å². The number of anilines is 5. The standard InChI is InChI=1S/C53H36N2O2/c1-33-13-5-8-20-43(33)55(47-22-12-19-40-38-17-7-10-24-49(38)57-53(40)47)45-32-28-35-25-29-41-44(31-27-34-26-30-42(45)51(35)50(34)41)54(36-14-3-2-4-15-36)46-21-11-18-39-37-16-6-9-23-48(37)56-52(39)46/h2-33,43H,1H3. The Labute approximate surface area is 329 Å². The average molecular weight is 733 g/mol. The number of allylic oxidation sites excluding steroid dienone is 2. The van der Waals surface area contributed by atoms with Gasteiger partial charge in [0.05, 0.1) is 23.1 Å². The third-order valence-electron chi connectivity index (χ3n) is 12.1. The van der Waals surface area contributed by atoms with Crippen LogP contribution in [0, 0.1) is 5.92 Å². The Balaban J connectivity index is 1.13. The average Bonchev–Trinajstić information content (AvgIpc) is 3.84. The molecule has 0 amide bonds. The highest BCUT2D eigenvalue weighted by Gasteiger charge is 2.29. The summed E-state index contributed by atoms with van der Waals surface area (Å²) in [6.07, 6.45) is 8.98. The Hall–Kier alpha value is -7.30.